The van der Waals surface area contributed by atoms with Crippen LogP contribution in [0.3, 0.4) is 0 Å². The van der Waals surface area contributed by atoms with Crippen LogP contribution in [-0.4, -0.2) is 22.2 Å². The van der Waals surface area contributed by atoms with Crippen LogP contribution in [0.2, 0.25) is 0 Å². The molecule has 0 aliphatic carbocycles. The third kappa shape index (κ3) is 3.40. The molecular formula is C12H9F3N4O3. The van der Waals surface area contributed by atoms with Gasteiger partial charge in [-0.25, -0.2) is 0 Å². The Hall–Kier alpha value is -2.91. The van der Waals surface area contributed by atoms with Crippen LogP contribution < -0.4 is 10.1 Å². The van der Waals surface area contributed by atoms with E-state index in [1.807, 2.05) is 0 Å². The molecule has 0 aliphatic rings. The van der Waals surface area contributed by atoms with Gasteiger partial charge in [-0.2, -0.15) is 13.2 Å². The van der Waals surface area contributed by atoms with Gasteiger partial charge in [-0.05, 0) is 18.2 Å². The van der Waals surface area contributed by atoms with Crippen LogP contribution in [0.25, 0.3) is 0 Å². The number of aromatic nitrogens is 2. The van der Waals surface area contributed by atoms with Crippen molar-refractivity contribution in [3.63, 3.8) is 0 Å². The first-order chi connectivity index (χ1) is 10.3. The molecule has 0 bridgehead atoms. The highest BCUT2D eigenvalue weighted by Crippen LogP contribution is 2.35. The molecule has 0 saturated heterocycles. The van der Waals surface area contributed by atoms with Gasteiger partial charge in [-0.1, -0.05) is 0 Å². The number of alkyl halides is 3. The van der Waals surface area contributed by atoms with E-state index < -0.39 is 22.4 Å². The van der Waals surface area contributed by atoms with Gasteiger partial charge in [0.2, 0.25) is 5.88 Å². The molecule has 1 aromatic heterocycles. The Labute approximate surface area is 121 Å². The van der Waals surface area contributed by atoms with Gasteiger partial charge in [0.05, 0.1) is 17.6 Å². The predicted molar refractivity (Wildman–Crippen MR) is 70.0 cm³/mol. The first kappa shape index (κ1) is 15.5. The molecule has 0 unspecified atom stereocenters. The maximum Gasteiger partial charge on any atom is 0.416 e. The molecule has 1 aromatic carbocycles. The molecular weight excluding hydrogens is 305 g/mol. The van der Waals surface area contributed by atoms with Crippen molar-refractivity contribution in [1.29, 1.82) is 0 Å². The largest absolute Gasteiger partial charge is 0.480 e. The van der Waals surface area contributed by atoms with Gasteiger partial charge in [0.15, 0.2) is 5.82 Å². The smallest absolute Gasteiger partial charge is 0.416 e. The molecule has 2 aromatic rings. The Balaban J connectivity index is 2.35. The second-order valence-electron chi connectivity index (χ2n) is 4.07. The zero-order chi connectivity index (χ0) is 16.3. The second kappa shape index (κ2) is 5.84. The van der Waals surface area contributed by atoms with Crippen LogP contribution in [-0.2, 0) is 6.18 Å². The van der Waals surface area contributed by atoms with Crippen LogP contribution in [0.15, 0.2) is 30.3 Å². The first-order valence-corrected chi connectivity index (χ1v) is 5.81. The summed E-state index contributed by atoms with van der Waals surface area (Å²) in [6, 6.07) is 5.04. The molecule has 22 heavy (non-hydrogen) atoms. The number of methoxy groups -OCH3 is 1. The lowest BCUT2D eigenvalue weighted by atomic mass is 10.1. The highest BCUT2D eigenvalue weighted by molar-refractivity contribution is 5.68. The monoisotopic (exact) mass is 314 g/mol. The van der Waals surface area contributed by atoms with E-state index in [2.05, 4.69) is 15.5 Å². The third-order valence-electron chi connectivity index (χ3n) is 2.63. The molecule has 0 amide bonds. The van der Waals surface area contributed by atoms with E-state index in [0.29, 0.717) is 6.07 Å². The van der Waals surface area contributed by atoms with Crippen molar-refractivity contribution in [2.45, 2.75) is 6.18 Å². The van der Waals surface area contributed by atoms with Crippen molar-refractivity contribution >= 4 is 17.2 Å². The van der Waals surface area contributed by atoms with Gasteiger partial charge in [0.1, 0.15) is 5.69 Å². The minimum Gasteiger partial charge on any atom is -0.480 e. The fourth-order valence-corrected chi connectivity index (χ4v) is 1.60. The van der Waals surface area contributed by atoms with Gasteiger partial charge in [-0.3, -0.25) is 10.1 Å². The maximum absolute atomic E-state index is 12.6. The topological polar surface area (TPSA) is 90.2 Å². The maximum atomic E-state index is 12.6. The predicted octanol–water partition coefficient (Wildman–Crippen LogP) is 3.16. The molecule has 116 valence electrons. The number of nitro benzene ring substituents is 1. The minimum atomic E-state index is -4.66. The summed E-state index contributed by atoms with van der Waals surface area (Å²) in [5.74, 6) is 0.358. The van der Waals surface area contributed by atoms with Gasteiger partial charge in [0, 0.05) is 12.1 Å². The number of halogens is 3. The van der Waals surface area contributed by atoms with Crippen LogP contribution >= 0.6 is 0 Å². The summed E-state index contributed by atoms with van der Waals surface area (Å²) in [6.45, 7) is 0. The van der Waals surface area contributed by atoms with Gasteiger partial charge < -0.3 is 10.1 Å². The molecule has 0 fully saturated rings. The van der Waals surface area contributed by atoms with E-state index in [0.717, 1.165) is 12.1 Å². The molecule has 0 saturated carbocycles. The Morgan fingerprint density at radius 2 is 1.95 bits per heavy atom. The zero-order valence-electron chi connectivity index (χ0n) is 11.1. The number of ether oxygens (including phenoxy) is 1. The van der Waals surface area contributed by atoms with Crippen LogP contribution in [0.5, 0.6) is 5.88 Å². The summed E-state index contributed by atoms with van der Waals surface area (Å²) < 4.78 is 42.6. The summed E-state index contributed by atoms with van der Waals surface area (Å²) in [5.41, 5.74) is -1.95. The lowest BCUT2D eigenvalue weighted by molar-refractivity contribution is -0.384. The summed E-state index contributed by atoms with van der Waals surface area (Å²) >= 11 is 0. The van der Waals surface area contributed by atoms with Crippen molar-refractivity contribution < 1.29 is 22.8 Å². The Bertz CT molecular complexity index is 689. The average Bonchev–Trinajstić information content (AvgIpc) is 2.47. The van der Waals surface area contributed by atoms with Crippen molar-refractivity contribution in [2.75, 3.05) is 12.4 Å². The number of benzene rings is 1. The lowest BCUT2D eigenvalue weighted by Crippen LogP contribution is -2.07. The molecule has 0 aliphatic heterocycles. The number of nitrogens with zero attached hydrogens (tertiary/aromatic N) is 3. The first-order valence-electron chi connectivity index (χ1n) is 5.81. The molecule has 10 heteroatoms. The van der Waals surface area contributed by atoms with Crippen molar-refractivity contribution in [2.24, 2.45) is 0 Å². The van der Waals surface area contributed by atoms with E-state index in [1.165, 1.54) is 19.2 Å². The van der Waals surface area contributed by atoms with E-state index in [-0.39, 0.29) is 17.4 Å². The zero-order valence-corrected chi connectivity index (χ0v) is 11.1. The molecule has 2 rings (SSSR count). The molecule has 7 nitrogen and oxygen atoms in total. The highest BCUT2D eigenvalue weighted by Gasteiger charge is 2.33. The Kier molecular flexibility index (Phi) is 4.11. The molecule has 0 spiro atoms. The highest BCUT2D eigenvalue weighted by atomic mass is 19.4. The summed E-state index contributed by atoms with van der Waals surface area (Å²) in [4.78, 5) is 10.0. The van der Waals surface area contributed by atoms with Gasteiger partial charge >= 0.3 is 6.18 Å². The summed E-state index contributed by atoms with van der Waals surface area (Å²) in [5, 5.41) is 20.8. The number of nitrogens with one attached hydrogen (secondary N) is 1. The van der Waals surface area contributed by atoms with Crippen molar-refractivity contribution in [3.8, 4) is 5.88 Å². The molecule has 0 atom stereocenters. The van der Waals surface area contributed by atoms with Crippen LogP contribution in [0.1, 0.15) is 5.56 Å². The van der Waals surface area contributed by atoms with Crippen LogP contribution in [0.4, 0.5) is 30.4 Å². The lowest BCUT2D eigenvalue weighted by Gasteiger charge is -2.10. The number of hydrogen-bond acceptors (Lipinski definition) is 6. The molecule has 1 N–H and O–H groups in total. The van der Waals surface area contributed by atoms with Crippen molar-refractivity contribution in [3.05, 3.63) is 46.0 Å². The van der Waals surface area contributed by atoms with Crippen LogP contribution in [0, 0.1) is 10.1 Å². The number of nitro groups is 1. The normalized spacial score (nSPS) is 11.1. The number of hydrogen-bond donors (Lipinski definition) is 1. The minimum absolute atomic E-state index is 0.127. The quantitative estimate of drug-likeness (QED) is 0.688. The number of anilines is 2. The van der Waals surface area contributed by atoms with E-state index >= 15 is 0 Å². The van der Waals surface area contributed by atoms with Gasteiger partial charge in [0.25, 0.3) is 5.69 Å². The van der Waals surface area contributed by atoms with Crippen molar-refractivity contribution in [1.82, 2.24) is 10.2 Å². The Morgan fingerprint density at radius 1 is 1.23 bits per heavy atom. The second-order valence-corrected chi connectivity index (χ2v) is 4.07. The standard InChI is InChI=1S/C12H9F3N4O3/c1-22-11-5-4-10(17-18-11)16-8-3-2-7(12(13,14)15)6-9(8)19(20)21/h2-6H,1H3,(H,16,17). The fraction of sp³-hybridized carbons (Fsp3) is 0.167. The summed E-state index contributed by atoms with van der Waals surface area (Å²) in [7, 11) is 1.39. The molecule has 0 radical (unpaired) electrons. The fourth-order valence-electron chi connectivity index (χ4n) is 1.60. The van der Waals surface area contributed by atoms with E-state index in [4.69, 9.17) is 4.74 Å². The Morgan fingerprint density at radius 3 is 2.45 bits per heavy atom. The van der Waals surface area contributed by atoms with Gasteiger partial charge in [-0.15, -0.1) is 10.2 Å². The SMILES string of the molecule is COc1ccc(Nc2ccc(C(F)(F)F)cc2[N+](=O)[O-])nn1. The summed E-state index contributed by atoms with van der Waals surface area (Å²) in [6.07, 6.45) is -4.66. The number of rotatable bonds is 4. The average molecular weight is 314 g/mol. The van der Waals surface area contributed by atoms with E-state index in [9.17, 15) is 23.3 Å². The molecule has 1 heterocycles. The third-order valence-corrected chi connectivity index (χ3v) is 2.63. The van der Waals surface area contributed by atoms with E-state index in [1.54, 1.807) is 0 Å².